The third-order valence-corrected chi connectivity index (χ3v) is 2.32. The average molecular weight is 202 g/mol. The first-order valence-corrected chi connectivity index (χ1v) is 4.49. The lowest BCUT2D eigenvalue weighted by atomic mass is 10.4. The van der Waals surface area contributed by atoms with Crippen molar-refractivity contribution in [2.24, 2.45) is 0 Å². The van der Waals surface area contributed by atoms with Crippen molar-refractivity contribution >= 4 is 30.0 Å². The maximum absolute atomic E-state index is 10.3. The molecule has 0 bridgehead atoms. The second-order valence-electron chi connectivity index (χ2n) is 2.20. The smallest absolute Gasteiger partial charge is 0.219 e. The van der Waals surface area contributed by atoms with Crippen LogP contribution in [-0.4, -0.2) is 17.8 Å². The van der Waals surface area contributed by atoms with E-state index in [-0.39, 0.29) is 0 Å². The van der Waals surface area contributed by atoms with Crippen LogP contribution in [0, 0.1) is 0 Å². The monoisotopic (exact) mass is 201 g/mol. The Morgan fingerprint density at radius 1 is 1.42 bits per heavy atom. The highest BCUT2D eigenvalue weighted by Crippen LogP contribution is 2.21. The van der Waals surface area contributed by atoms with Crippen LogP contribution < -0.4 is 0 Å². The van der Waals surface area contributed by atoms with Crippen LogP contribution in [0.2, 0.25) is 5.02 Å². The lowest BCUT2D eigenvalue weighted by Crippen LogP contribution is -2.03. The summed E-state index contributed by atoms with van der Waals surface area (Å²) in [5, 5.41) is 0.702. The van der Waals surface area contributed by atoms with Crippen LogP contribution in [0.3, 0.4) is 0 Å². The first-order valence-electron chi connectivity index (χ1n) is 3.34. The van der Waals surface area contributed by atoms with Crippen molar-refractivity contribution in [2.45, 2.75) is 4.90 Å². The van der Waals surface area contributed by atoms with Gasteiger partial charge in [0.25, 0.3) is 0 Å². The molecule has 1 amide bonds. The molecule has 0 saturated heterocycles. The highest BCUT2D eigenvalue weighted by atomic mass is 35.5. The highest BCUT2D eigenvalue weighted by molar-refractivity contribution is 7.97. The van der Waals surface area contributed by atoms with Crippen LogP contribution in [0.25, 0.3) is 0 Å². The topological polar surface area (TPSA) is 20.3 Å². The van der Waals surface area contributed by atoms with E-state index in [1.165, 1.54) is 16.3 Å². The molecule has 0 aliphatic heterocycles. The van der Waals surface area contributed by atoms with Crippen molar-refractivity contribution < 1.29 is 4.79 Å². The van der Waals surface area contributed by atoms with Gasteiger partial charge >= 0.3 is 0 Å². The van der Waals surface area contributed by atoms with Crippen molar-refractivity contribution in [3.8, 4) is 0 Å². The summed E-state index contributed by atoms with van der Waals surface area (Å²) >= 11 is 7.05. The minimum Gasteiger partial charge on any atom is -0.288 e. The molecule has 0 radical (unpaired) electrons. The van der Waals surface area contributed by atoms with E-state index in [1.54, 1.807) is 19.2 Å². The molecule has 0 N–H and O–H groups in total. The Hall–Kier alpha value is -0.670. The van der Waals surface area contributed by atoms with Gasteiger partial charge in [0.15, 0.2) is 0 Å². The van der Waals surface area contributed by atoms with E-state index in [2.05, 4.69) is 0 Å². The fourth-order valence-corrected chi connectivity index (χ4v) is 1.44. The van der Waals surface area contributed by atoms with E-state index in [4.69, 9.17) is 11.6 Å². The van der Waals surface area contributed by atoms with Gasteiger partial charge in [0.1, 0.15) is 0 Å². The minimum absolute atomic E-state index is 0.702. The number of rotatable bonds is 3. The van der Waals surface area contributed by atoms with Gasteiger partial charge < -0.3 is 0 Å². The zero-order valence-electron chi connectivity index (χ0n) is 6.53. The van der Waals surface area contributed by atoms with Crippen LogP contribution in [0.5, 0.6) is 0 Å². The summed E-state index contributed by atoms with van der Waals surface area (Å²) in [6, 6.07) is 7.32. The van der Waals surface area contributed by atoms with Crippen molar-refractivity contribution in [1.82, 2.24) is 4.31 Å². The maximum atomic E-state index is 10.3. The minimum atomic E-state index is 0.702. The van der Waals surface area contributed by atoms with Gasteiger partial charge in [0, 0.05) is 17.0 Å². The molecule has 4 heteroatoms. The van der Waals surface area contributed by atoms with E-state index in [0.29, 0.717) is 5.02 Å². The van der Waals surface area contributed by atoms with E-state index < -0.39 is 0 Å². The van der Waals surface area contributed by atoms with Crippen LogP contribution in [0.1, 0.15) is 0 Å². The number of carbonyl (C=O) groups excluding carboxylic acids is 1. The molecule has 0 aliphatic rings. The average Bonchev–Trinajstić information content (AvgIpc) is 2.09. The van der Waals surface area contributed by atoms with Crippen LogP contribution in [0.4, 0.5) is 0 Å². The summed E-state index contributed by atoms with van der Waals surface area (Å²) in [5.41, 5.74) is 0. The molecule has 0 atom stereocenters. The second-order valence-corrected chi connectivity index (χ2v) is 3.86. The van der Waals surface area contributed by atoms with Gasteiger partial charge in [-0.3, -0.25) is 9.10 Å². The van der Waals surface area contributed by atoms with Crippen molar-refractivity contribution in [2.75, 3.05) is 7.05 Å². The number of hydrogen-bond acceptors (Lipinski definition) is 2. The normalized spacial score (nSPS) is 9.50. The third-order valence-electron chi connectivity index (χ3n) is 1.21. The summed E-state index contributed by atoms with van der Waals surface area (Å²) in [6.07, 6.45) is 0.763. The predicted octanol–water partition coefficient (Wildman–Crippen LogP) is 2.44. The van der Waals surface area contributed by atoms with Gasteiger partial charge in [-0.05, 0) is 36.2 Å². The number of carbonyl (C=O) groups is 1. The second kappa shape index (κ2) is 4.38. The van der Waals surface area contributed by atoms with Gasteiger partial charge in [-0.2, -0.15) is 0 Å². The lowest BCUT2D eigenvalue weighted by Gasteiger charge is -2.07. The molecule has 0 spiro atoms. The molecule has 1 rings (SSSR count). The number of nitrogens with zero attached hydrogens (tertiary/aromatic N) is 1. The van der Waals surface area contributed by atoms with Crippen LogP contribution in [0.15, 0.2) is 29.2 Å². The summed E-state index contributed by atoms with van der Waals surface area (Å²) < 4.78 is 1.49. The quantitative estimate of drug-likeness (QED) is 0.553. The number of amides is 1. The fourth-order valence-electron chi connectivity index (χ4n) is 0.683. The Labute approximate surface area is 80.6 Å². The maximum Gasteiger partial charge on any atom is 0.219 e. The molecule has 0 aliphatic carbocycles. The van der Waals surface area contributed by atoms with Crippen LogP contribution >= 0.6 is 23.5 Å². The molecule has 2 nitrogen and oxygen atoms in total. The van der Waals surface area contributed by atoms with E-state index >= 15 is 0 Å². The summed E-state index contributed by atoms with van der Waals surface area (Å²) in [6.45, 7) is 0. The van der Waals surface area contributed by atoms with Crippen LogP contribution in [-0.2, 0) is 4.79 Å². The molecule has 0 heterocycles. The molecular formula is C8H8ClNOS. The first kappa shape index (κ1) is 9.42. The molecule has 0 fully saturated rings. The van der Waals surface area contributed by atoms with Crippen molar-refractivity contribution in [3.63, 3.8) is 0 Å². The van der Waals surface area contributed by atoms with Crippen molar-refractivity contribution in [1.29, 1.82) is 0 Å². The standard InChI is InChI=1S/C8H8ClNOS/c1-10(6-11)12-8-4-2-7(9)3-5-8/h2-6H,1H3. The molecule has 12 heavy (non-hydrogen) atoms. The number of hydrogen-bond donors (Lipinski definition) is 0. The van der Waals surface area contributed by atoms with Gasteiger partial charge in [-0.15, -0.1) is 0 Å². The lowest BCUT2D eigenvalue weighted by molar-refractivity contribution is -0.113. The molecule has 0 unspecified atom stereocenters. The first-order chi connectivity index (χ1) is 5.72. The summed E-state index contributed by atoms with van der Waals surface area (Å²) in [4.78, 5) is 11.2. The molecule has 0 saturated carbocycles. The van der Waals surface area contributed by atoms with Crippen molar-refractivity contribution in [3.05, 3.63) is 29.3 Å². The molecule has 1 aromatic rings. The molecule has 1 aromatic carbocycles. The molecule has 0 aromatic heterocycles. The summed E-state index contributed by atoms with van der Waals surface area (Å²) in [5.74, 6) is 0. The van der Waals surface area contributed by atoms with E-state index in [0.717, 1.165) is 11.3 Å². The van der Waals surface area contributed by atoms with Gasteiger partial charge in [0.2, 0.25) is 6.41 Å². The Morgan fingerprint density at radius 2 is 2.00 bits per heavy atom. The third kappa shape index (κ3) is 2.75. The van der Waals surface area contributed by atoms with Gasteiger partial charge in [-0.1, -0.05) is 11.6 Å². The Morgan fingerprint density at radius 3 is 2.50 bits per heavy atom. The summed E-state index contributed by atoms with van der Waals surface area (Å²) in [7, 11) is 1.70. The number of benzene rings is 1. The Kier molecular flexibility index (Phi) is 3.44. The SMILES string of the molecule is CN(C=O)Sc1ccc(Cl)cc1. The van der Waals surface area contributed by atoms with Gasteiger partial charge in [0.05, 0.1) is 0 Å². The van der Waals surface area contributed by atoms with Gasteiger partial charge in [-0.25, -0.2) is 0 Å². The Bertz CT molecular complexity index is 262. The number of halogens is 1. The molecule has 64 valence electrons. The molecular weight excluding hydrogens is 194 g/mol. The largest absolute Gasteiger partial charge is 0.288 e. The van der Waals surface area contributed by atoms with E-state index in [1.807, 2.05) is 12.1 Å². The predicted molar refractivity (Wildman–Crippen MR) is 51.1 cm³/mol. The van der Waals surface area contributed by atoms with E-state index in [9.17, 15) is 4.79 Å². The Balaban J connectivity index is 2.64. The fraction of sp³-hybridized carbons (Fsp3) is 0.125. The highest BCUT2D eigenvalue weighted by Gasteiger charge is 1.97. The zero-order chi connectivity index (χ0) is 8.97. The zero-order valence-corrected chi connectivity index (χ0v) is 8.10.